The summed E-state index contributed by atoms with van der Waals surface area (Å²) in [5.41, 5.74) is 5.15. The van der Waals surface area contributed by atoms with Crippen molar-refractivity contribution in [3.8, 4) is 0 Å². The number of nitrogens with zero attached hydrogens (tertiary/aromatic N) is 1. The summed E-state index contributed by atoms with van der Waals surface area (Å²) < 4.78 is 13.1. The maximum atomic E-state index is 13.1. The number of rotatable bonds is 3. The van der Waals surface area contributed by atoms with E-state index in [1.54, 1.807) is 17.0 Å². The van der Waals surface area contributed by atoms with E-state index in [0.717, 1.165) is 28.9 Å². The fourth-order valence-corrected chi connectivity index (χ4v) is 2.91. The van der Waals surface area contributed by atoms with E-state index in [4.69, 9.17) is 0 Å². The fraction of sp³-hybridized carbons (Fsp3) is 0.316. The quantitative estimate of drug-likeness (QED) is 0.922. The van der Waals surface area contributed by atoms with Crippen LogP contribution in [0.2, 0.25) is 0 Å². The summed E-state index contributed by atoms with van der Waals surface area (Å²) in [6.45, 7) is 6.56. The molecule has 0 saturated carbocycles. The van der Waals surface area contributed by atoms with E-state index in [-0.39, 0.29) is 17.8 Å². The molecule has 2 aromatic carbocycles. The number of anilines is 2. The van der Waals surface area contributed by atoms with Crippen molar-refractivity contribution >= 4 is 17.3 Å². The first-order valence-electron chi connectivity index (χ1n) is 7.93. The lowest BCUT2D eigenvalue weighted by Gasteiger charge is -2.35. The van der Waals surface area contributed by atoms with Crippen molar-refractivity contribution in [1.82, 2.24) is 0 Å². The summed E-state index contributed by atoms with van der Waals surface area (Å²) in [5.74, 6) is -0.203. The van der Waals surface area contributed by atoms with Gasteiger partial charge in [0.1, 0.15) is 11.9 Å². The monoisotopic (exact) mass is 312 g/mol. The predicted molar refractivity (Wildman–Crippen MR) is 91.2 cm³/mol. The first kappa shape index (κ1) is 15.5. The van der Waals surface area contributed by atoms with E-state index in [1.807, 2.05) is 19.9 Å². The standard InChI is InChI=1S/C19H21FN2O/c1-4-16-19(23)22(11-14-5-7-15(20)8-6-14)18-10-13(3)12(2)9-17(18)21-16/h5-10,16,21H,4,11H2,1-3H3. The summed E-state index contributed by atoms with van der Waals surface area (Å²) in [7, 11) is 0. The Balaban J connectivity index is 2.01. The number of halogens is 1. The number of carbonyl (C=O) groups is 1. The number of aryl methyl sites for hydroxylation is 2. The molecule has 0 aliphatic carbocycles. The first-order chi connectivity index (χ1) is 11.0. The lowest BCUT2D eigenvalue weighted by Crippen LogP contribution is -2.46. The summed E-state index contributed by atoms with van der Waals surface area (Å²) in [4.78, 5) is 14.6. The molecule has 1 amide bonds. The lowest BCUT2D eigenvalue weighted by atomic mass is 10.0. The number of hydrogen-bond acceptors (Lipinski definition) is 2. The highest BCUT2D eigenvalue weighted by atomic mass is 19.1. The summed E-state index contributed by atoms with van der Waals surface area (Å²) in [5, 5.41) is 3.34. The minimum Gasteiger partial charge on any atom is -0.372 e. The van der Waals surface area contributed by atoms with E-state index in [1.165, 1.54) is 17.7 Å². The van der Waals surface area contributed by atoms with Crippen LogP contribution in [-0.4, -0.2) is 11.9 Å². The SMILES string of the molecule is CCC1Nc2cc(C)c(C)cc2N(Cc2ccc(F)cc2)C1=O. The van der Waals surface area contributed by atoms with E-state index < -0.39 is 0 Å². The zero-order valence-corrected chi connectivity index (χ0v) is 13.7. The first-order valence-corrected chi connectivity index (χ1v) is 7.93. The number of fused-ring (bicyclic) bond motifs is 1. The molecule has 2 aromatic rings. The molecule has 1 atom stereocenters. The molecule has 0 radical (unpaired) electrons. The second-order valence-electron chi connectivity index (χ2n) is 6.11. The van der Waals surface area contributed by atoms with E-state index in [9.17, 15) is 9.18 Å². The third kappa shape index (κ3) is 2.93. The number of hydrogen-bond donors (Lipinski definition) is 1. The Bertz CT molecular complexity index is 740. The molecule has 4 heteroatoms. The number of nitrogens with one attached hydrogen (secondary N) is 1. The second kappa shape index (κ2) is 6.03. The van der Waals surface area contributed by atoms with Crippen LogP contribution in [0.4, 0.5) is 15.8 Å². The average Bonchev–Trinajstić information content (AvgIpc) is 2.54. The van der Waals surface area contributed by atoms with Crippen molar-refractivity contribution in [2.24, 2.45) is 0 Å². The number of carbonyl (C=O) groups excluding carboxylic acids is 1. The van der Waals surface area contributed by atoms with Crippen LogP contribution < -0.4 is 10.2 Å². The van der Waals surface area contributed by atoms with Gasteiger partial charge in [0, 0.05) is 0 Å². The van der Waals surface area contributed by atoms with E-state index >= 15 is 0 Å². The average molecular weight is 312 g/mol. The van der Waals surface area contributed by atoms with E-state index in [2.05, 4.69) is 18.3 Å². The van der Waals surface area contributed by atoms with Gasteiger partial charge in [0.05, 0.1) is 17.9 Å². The van der Waals surface area contributed by atoms with Crippen LogP contribution in [0.3, 0.4) is 0 Å². The van der Waals surface area contributed by atoms with Gasteiger partial charge in [0.2, 0.25) is 5.91 Å². The van der Waals surface area contributed by atoms with Gasteiger partial charge < -0.3 is 10.2 Å². The molecule has 3 nitrogen and oxygen atoms in total. The molecule has 0 aromatic heterocycles. The third-order valence-electron chi connectivity index (χ3n) is 4.46. The molecular formula is C19H21FN2O. The molecule has 0 spiro atoms. The Hall–Kier alpha value is -2.36. The Morgan fingerprint density at radius 3 is 2.43 bits per heavy atom. The van der Waals surface area contributed by atoms with Gasteiger partial charge in [-0.25, -0.2) is 4.39 Å². The van der Waals surface area contributed by atoms with Crippen LogP contribution >= 0.6 is 0 Å². The van der Waals surface area contributed by atoms with Crippen LogP contribution in [0.5, 0.6) is 0 Å². The van der Waals surface area contributed by atoms with Crippen LogP contribution in [-0.2, 0) is 11.3 Å². The maximum Gasteiger partial charge on any atom is 0.249 e. The van der Waals surface area contributed by atoms with Gasteiger partial charge >= 0.3 is 0 Å². The van der Waals surface area contributed by atoms with Gasteiger partial charge in [-0.1, -0.05) is 19.1 Å². The van der Waals surface area contributed by atoms with Crippen LogP contribution in [0.1, 0.15) is 30.0 Å². The summed E-state index contributed by atoms with van der Waals surface area (Å²) >= 11 is 0. The molecule has 1 aliphatic heterocycles. The Labute approximate surface area is 136 Å². The largest absolute Gasteiger partial charge is 0.372 e. The van der Waals surface area contributed by atoms with Gasteiger partial charge in [0.25, 0.3) is 0 Å². The van der Waals surface area contributed by atoms with Crippen molar-refractivity contribution in [2.75, 3.05) is 10.2 Å². The molecule has 120 valence electrons. The Morgan fingerprint density at radius 2 is 1.78 bits per heavy atom. The highest BCUT2D eigenvalue weighted by molar-refractivity contribution is 6.05. The zero-order valence-electron chi connectivity index (χ0n) is 13.7. The third-order valence-corrected chi connectivity index (χ3v) is 4.46. The molecule has 0 bridgehead atoms. The second-order valence-corrected chi connectivity index (χ2v) is 6.11. The maximum absolute atomic E-state index is 13.1. The molecule has 0 fully saturated rings. The van der Waals surface area contributed by atoms with Crippen LogP contribution in [0.25, 0.3) is 0 Å². The molecule has 1 aliphatic rings. The van der Waals surface area contributed by atoms with Gasteiger partial charge in [-0.05, 0) is 61.2 Å². The molecule has 3 rings (SSSR count). The highest BCUT2D eigenvalue weighted by Crippen LogP contribution is 2.35. The number of benzene rings is 2. The van der Waals surface area contributed by atoms with Crippen molar-refractivity contribution < 1.29 is 9.18 Å². The van der Waals surface area contributed by atoms with Crippen molar-refractivity contribution in [2.45, 2.75) is 39.8 Å². The molecule has 23 heavy (non-hydrogen) atoms. The molecule has 1 N–H and O–H groups in total. The minimum atomic E-state index is -0.265. The van der Waals surface area contributed by atoms with Crippen molar-refractivity contribution in [3.05, 3.63) is 58.9 Å². The van der Waals surface area contributed by atoms with Crippen molar-refractivity contribution in [3.63, 3.8) is 0 Å². The highest BCUT2D eigenvalue weighted by Gasteiger charge is 2.31. The smallest absolute Gasteiger partial charge is 0.249 e. The minimum absolute atomic E-state index is 0.0626. The van der Waals surface area contributed by atoms with Crippen molar-refractivity contribution in [1.29, 1.82) is 0 Å². The molecule has 0 saturated heterocycles. The lowest BCUT2D eigenvalue weighted by molar-refractivity contribution is -0.119. The number of amides is 1. The van der Waals surface area contributed by atoms with Gasteiger partial charge in [-0.2, -0.15) is 0 Å². The Kier molecular flexibility index (Phi) is 4.07. The Morgan fingerprint density at radius 1 is 1.13 bits per heavy atom. The van der Waals surface area contributed by atoms with Gasteiger partial charge in [-0.3, -0.25) is 4.79 Å². The molecule has 1 unspecified atom stereocenters. The van der Waals surface area contributed by atoms with Crippen LogP contribution in [0.15, 0.2) is 36.4 Å². The summed E-state index contributed by atoms with van der Waals surface area (Å²) in [6, 6.07) is 10.2. The van der Waals surface area contributed by atoms with E-state index in [0.29, 0.717) is 6.54 Å². The van der Waals surface area contributed by atoms with Crippen LogP contribution in [0, 0.1) is 19.7 Å². The summed E-state index contributed by atoms with van der Waals surface area (Å²) in [6.07, 6.45) is 0.727. The topological polar surface area (TPSA) is 32.3 Å². The molecule has 1 heterocycles. The van der Waals surface area contributed by atoms with Gasteiger partial charge in [-0.15, -0.1) is 0 Å². The predicted octanol–water partition coefficient (Wildman–Crippen LogP) is 4.18. The molecular weight excluding hydrogens is 291 g/mol. The zero-order chi connectivity index (χ0) is 16.6. The fourth-order valence-electron chi connectivity index (χ4n) is 2.91. The normalized spacial score (nSPS) is 17.0. The van der Waals surface area contributed by atoms with Gasteiger partial charge in [0.15, 0.2) is 0 Å².